The van der Waals surface area contributed by atoms with Gasteiger partial charge in [-0.1, -0.05) is 30.2 Å². The number of halogens is 1. The Kier molecular flexibility index (Phi) is 7.61. The molecule has 0 aromatic heterocycles. The molecule has 6 heteroatoms. The first-order chi connectivity index (χ1) is 13.5. The van der Waals surface area contributed by atoms with Gasteiger partial charge in [0.1, 0.15) is 0 Å². The second-order valence-corrected chi connectivity index (χ2v) is 8.90. The van der Waals surface area contributed by atoms with Crippen LogP contribution in [0.15, 0.2) is 29.3 Å². The van der Waals surface area contributed by atoms with Crippen molar-refractivity contribution in [2.45, 2.75) is 63.2 Å². The highest BCUT2D eigenvalue weighted by Crippen LogP contribution is 2.32. The van der Waals surface area contributed by atoms with Crippen molar-refractivity contribution in [1.29, 1.82) is 0 Å². The maximum atomic E-state index is 6.06. The summed E-state index contributed by atoms with van der Waals surface area (Å²) in [5.74, 6) is 0.941. The van der Waals surface area contributed by atoms with E-state index in [9.17, 15) is 0 Å². The zero-order chi connectivity index (χ0) is 20.1. The van der Waals surface area contributed by atoms with Crippen LogP contribution in [0.3, 0.4) is 0 Å². The highest BCUT2D eigenvalue weighted by atomic mass is 35.5. The maximum Gasteiger partial charge on any atom is 0.191 e. The highest BCUT2D eigenvalue weighted by molar-refractivity contribution is 6.30. The molecule has 2 saturated heterocycles. The number of rotatable bonds is 6. The Morgan fingerprint density at radius 3 is 2.43 bits per heavy atom. The zero-order valence-corrected chi connectivity index (χ0v) is 18.5. The summed E-state index contributed by atoms with van der Waals surface area (Å²) in [5, 5.41) is 7.95. The van der Waals surface area contributed by atoms with E-state index in [0.29, 0.717) is 12.6 Å². The van der Waals surface area contributed by atoms with E-state index in [0.717, 1.165) is 29.6 Å². The van der Waals surface area contributed by atoms with Gasteiger partial charge in [0, 0.05) is 29.7 Å². The standard InChI is InChI=1S/C22H36ClN5/c1-5-24-22(26-18-13-19-7-6-8-20(14-18)28(19)4)25-15-21(27(2)3)16-9-11-17(23)12-10-16/h9-12,18-21H,5-8,13-15H2,1-4H3,(H2,24,25,26). The van der Waals surface area contributed by atoms with Crippen molar-refractivity contribution >= 4 is 17.6 Å². The van der Waals surface area contributed by atoms with Crippen LogP contribution in [0.25, 0.3) is 0 Å². The molecule has 2 aliphatic rings. The van der Waals surface area contributed by atoms with Gasteiger partial charge < -0.3 is 20.4 Å². The van der Waals surface area contributed by atoms with Crippen molar-refractivity contribution in [3.8, 4) is 0 Å². The summed E-state index contributed by atoms with van der Waals surface area (Å²) in [6.45, 7) is 3.71. The van der Waals surface area contributed by atoms with E-state index in [1.54, 1.807) is 0 Å². The molecular weight excluding hydrogens is 370 g/mol. The Bertz CT molecular complexity index is 631. The van der Waals surface area contributed by atoms with E-state index in [-0.39, 0.29) is 6.04 Å². The SMILES string of the molecule is CCNC(=NCC(c1ccc(Cl)cc1)N(C)C)NC1CC2CCCC(C1)N2C. The lowest BCUT2D eigenvalue weighted by Gasteiger charge is -2.47. The number of nitrogens with zero attached hydrogens (tertiary/aromatic N) is 3. The fourth-order valence-electron chi connectivity index (χ4n) is 4.68. The first kappa shape index (κ1) is 21.4. The molecule has 156 valence electrons. The second kappa shape index (κ2) is 9.95. The number of benzene rings is 1. The molecule has 0 spiro atoms. The fourth-order valence-corrected chi connectivity index (χ4v) is 4.80. The average Bonchev–Trinajstić information content (AvgIpc) is 2.64. The fraction of sp³-hybridized carbons (Fsp3) is 0.682. The molecule has 3 atom stereocenters. The lowest BCUT2D eigenvalue weighted by molar-refractivity contribution is 0.0526. The van der Waals surface area contributed by atoms with Gasteiger partial charge in [0.15, 0.2) is 5.96 Å². The largest absolute Gasteiger partial charge is 0.357 e. The summed E-state index contributed by atoms with van der Waals surface area (Å²) in [7, 11) is 6.51. The molecule has 0 aliphatic carbocycles. The Labute approximate surface area is 175 Å². The van der Waals surface area contributed by atoms with Crippen LogP contribution in [0.4, 0.5) is 0 Å². The van der Waals surface area contributed by atoms with Crippen LogP contribution in [0, 0.1) is 0 Å². The van der Waals surface area contributed by atoms with Crippen LogP contribution in [0.2, 0.25) is 5.02 Å². The number of piperidine rings is 2. The molecule has 2 heterocycles. The van der Waals surface area contributed by atoms with Crippen LogP contribution < -0.4 is 10.6 Å². The Balaban J connectivity index is 1.66. The monoisotopic (exact) mass is 405 g/mol. The molecule has 2 fully saturated rings. The van der Waals surface area contributed by atoms with E-state index < -0.39 is 0 Å². The van der Waals surface area contributed by atoms with Crippen molar-refractivity contribution in [3.05, 3.63) is 34.9 Å². The predicted molar refractivity (Wildman–Crippen MR) is 119 cm³/mol. The Hall–Kier alpha value is -1.30. The second-order valence-electron chi connectivity index (χ2n) is 8.47. The van der Waals surface area contributed by atoms with Gasteiger partial charge in [-0.25, -0.2) is 0 Å². The van der Waals surface area contributed by atoms with Crippen LogP contribution in [0.5, 0.6) is 0 Å². The molecular formula is C22H36ClN5. The lowest BCUT2D eigenvalue weighted by atomic mass is 9.82. The van der Waals surface area contributed by atoms with Gasteiger partial charge in [-0.2, -0.15) is 0 Å². The third-order valence-corrected chi connectivity index (χ3v) is 6.58. The van der Waals surface area contributed by atoms with Gasteiger partial charge >= 0.3 is 0 Å². The van der Waals surface area contributed by atoms with E-state index in [1.165, 1.54) is 37.7 Å². The predicted octanol–water partition coefficient (Wildman–Crippen LogP) is 3.51. The van der Waals surface area contributed by atoms with Crippen LogP contribution >= 0.6 is 11.6 Å². The lowest BCUT2D eigenvalue weighted by Crippen LogP contribution is -2.56. The molecule has 3 unspecified atom stereocenters. The van der Waals surface area contributed by atoms with Gasteiger partial charge in [0.05, 0.1) is 12.6 Å². The third-order valence-electron chi connectivity index (χ3n) is 6.33. The van der Waals surface area contributed by atoms with Gasteiger partial charge in [0.2, 0.25) is 0 Å². The molecule has 0 saturated carbocycles. The normalized spacial score (nSPS) is 26.9. The number of fused-ring (bicyclic) bond motifs is 2. The van der Waals surface area contributed by atoms with Crippen molar-refractivity contribution in [1.82, 2.24) is 20.4 Å². The topological polar surface area (TPSA) is 42.9 Å². The molecule has 1 aromatic rings. The summed E-state index contributed by atoms with van der Waals surface area (Å²) in [6, 6.07) is 10.3. The average molecular weight is 406 g/mol. The highest BCUT2D eigenvalue weighted by Gasteiger charge is 2.36. The zero-order valence-electron chi connectivity index (χ0n) is 17.8. The Morgan fingerprint density at radius 1 is 1.21 bits per heavy atom. The van der Waals surface area contributed by atoms with E-state index in [4.69, 9.17) is 16.6 Å². The number of guanidine groups is 1. The quantitative estimate of drug-likeness (QED) is 0.561. The first-order valence-electron chi connectivity index (χ1n) is 10.7. The molecule has 3 rings (SSSR count). The van der Waals surface area contributed by atoms with Crippen molar-refractivity contribution in [2.24, 2.45) is 4.99 Å². The van der Waals surface area contributed by atoms with E-state index >= 15 is 0 Å². The number of likely N-dealkylation sites (N-methyl/N-ethyl adjacent to an activating group) is 1. The van der Waals surface area contributed by atoms with Gasteiger partial charge in [-0.3, -0.25) is 4.99 Å². The summed E-state index contributed by atoms with van der Waals surface area (Å²) in [5.41, 5.74) is 1.24. The molecule has 28 heavy (non-hydrogen) atoms. The molecule has 2 aliphatic heterocycles. The van der Waals surface area contributed by atoms with E-state index in [1.807, 2.05) is 12.1 Å². The van der Waals surface area contributed by atoms with Crippen LogP contribution in [-0.4, -0.2) is 68.1 Å². The number of aliphatic imine (C=N–C) groups is 1. The number of hydrogen-bond donors (Lipinski definition) is 2. The third kappa shape index (κ3) is 5.40. The molecule has 2 bridgehead atoms. The van der Waals surface area contributed by atoms with Crippen molar-refractivity contribution in [2.75, 3.05) is 34.2 Å². The Morgan fingerprint density at radius 2 is 1.86 bits per heavy atom. The summed E-state index contributed by atoms with van der Waals surface area (Å²) < 4.78 is 0. The van der Waals surface area contributed by atoms with Gasteiger partial charge in [-0.15, -0.1) is 0 Å². The summed E-state index contributed by atoms with van der Waals surface area (Å²) >= 11 is 6.06. The minimum Gasteiger partial charge on any atom is -0.357 e. The molecule has 0 radical (unpaired) electrons. The van der Waals surface area contributed by atoms with Crippen LogP contribution in [-0.2, 0) is 0 Å². The van der Waals surface area contributed by atoms with Gasteiger partial charge in [-0.05, 0) is 71.4 Å². The minimum absolute atomic E-state index is 0.226. The smallest absolute Gasteiger partial charge is 0.191 e. The molecule has 0 amide bonds. The van der Waals surface area contributed by atoms with E-state index in [2.05, 4.69) is 60.6 Å². The van der Waals surface area contributed by atoms with Crippen molar-refractivity contribution in [3.63, 3.8) is 0 Å². The minimum atomic E-state index is 0.226. The number of hydrogen-bond acceptors (Lipinski definition) is 3. The number of nitrogens with one attached hydrogen (secondary N) is 2. The molecule has 1 aromatic carbocycles. The summed E-state index contributed by atoms with van der Waals surface area (Å²) in [4.78, 5) is 9.77. The van der Waals surface area contributed by atoms with Gasteiger partial charge in [0.25, 0.3) is 0 Å². The first-order valence-corrected chi connectivity index (χ1v) is 11.0. The van der Waals surface area contributed by atoms with Crippen molar-refractivity contribution < 1.29 is 0 Å². The molecule has 5 nitrogen and oxygen atoms in total. The van der Waals surface area contributed by atoms with Crippen LogP contribution in [0.1, 0.15) is 50.6 Å². The molecule has 2 N–H and O–H groups in total. The maximum absolute atomic E-state index is 6.06. The summed E-state index contributed by atoms with van der Waals surface area (Å²) in [6.07, 6.45) is 6.47.